The van der Waals surface area contributed by atoms with Gasteiger partial charge in [0, 0.05) is 45.0 Å². The van der Waals surface area contributed by atoms with Crippen molar-refractivity contribution in [3.8, 4) is 5.88 Å². The van der Waals surface area contributed by atoms with E-state index in [0.29, 0.717) is 12.3 Å². The monoisotopic (exact) mass is 383 g/mol. The van der Waals surface area contributed by atoms with E-state index in [9.17, 15) is 5.11 Å². The van der Waals surface area contributed by atoms with Gasteiger partial charge < -0.3 is 14.6 Å². The van der Waals surface area contributed by atoms with Gasteiger partial charge in [-0.2, -0.15) is 0 Å². The van der Waals surface area contributed by atoms with Crippen LogP contribution >= 0.6 is 0 Å². The number of hydrogen-bond acceptors (Lipinski definition) is 6. The molecule has 0 bridgehead atoms. The molecule has 6 nitrogen and oxygen atoms in total. The number of ether oxygens (including phenoxy) is 2. The number of likely N-dealkylation sites (tertiary alicyclic amines) is 1. The van der Waals surface area contributed by atoms with Crippen molar-refractivity contribution in [1.29, 1.82) is 0 Å². The Kier molecular flexibility index (Phi) is 5.92. The minimum Gasteiger partial charge on any atom is -0.481 e. The number of aliphatic hydroxyl groups is 1. The van der Waals surface area contributed by atoms with Crippen LogP contribution in [0, 0.1) is 0 Å². The van der Waals surface area contributed by atoms with E-state index >= 15 is 0 Å². The zero-order chi connectivity index (χ0) is 19.4. The number of piperidine rings is 1. The summed E-state index contributed by atoms with van der Waals surface area (Å²) in [4.78, 5) is 9.02. The third kappa shape index (κ3) is 4.05. The normalized spacial score (nSPS) is 26.9. The molecular formula is C22H29N3O3. The van der Waals surface area contributed by atoms with Gasteiger partial charge >= 0.3 is 0 Å². The fourth-order valence-corrected chi connectivity index (χ4v) is 4.41. The molecule has 2 atom stereocenters. The molecule has 1 N–H and O–H groups in total. The van der Waals surface area contributed by atoms with Gasteiger partial charge in [0.2, 0.25) is 5.88 Å². The van der Waals surface area contributed by atoms with Crippen LogP contribution in [-0.2, 0) is 16.9 Å². The van der Waals surface area contributed by atoms with Gasteiger partial charge in [-0.25, -0.2) is 4.98 Å². The maximum atomic E-state index is 11.8. The Balaban J connectivity index is 1.56. The van der Waals surface area contributed by atoms with Crippen LogP contribution in [0.25, 0.3) is 0 Å². The molecule has 2 saturated heterocycles. The quantitative estimate of drug-likeness (QED) is 0.851. The van der Waals surface area contributed by atoms with Gasteiger partial charge in [0.1, 0.15) is 5.60 Å². The van der Waals surface area contributed by atoms with Crippen LogP contribution in [0.5, 0.6) is 5.88 Å². The average molecular weight is 383 g/mol. The standard InChI is InChI=1S/C22H29N3O3/c1-27-21-15-18(7-9-23-21)16-24-10-8-22(26,19-5-3-2-4-6-19)20(17-24)25-11-13-28-14-12-25/h2-7,9,15,20,26H,8,10-14,16-17H2,1H3/t20-,22+/m1/s1. The van der Waals surface area contributed by atoms with Crippen molar-refractivity contribution >= 4 is 0 Å². The summed E-state index contributed by atoms with van der Waals surface area (Å²) in [6, 6.07) is 14.2. The Hall–Kier alpha value is -1.99. The summed E-state index contributed by atoms with van der Waals surface area (Å²) in [6.45, 7) is 5.65. The predicted octanol–water partition coefficient (Wildman–Crippen LogP) is 1.88. The van der Waals surface area contributed by atoms with E-state index in [1.165, 1.54) is 5.56 Å². The van der Waals surface area contributed by atoms with Gasteiger partial charge in [-0.15, -0.1) is 0 Å². The van der Waals surface area contributed by atoms with Gasteiger partial charge in [0.05, 0.1) is 26.4 Å². The molecule has 0 radical (unpaired) electrons. The maximum Gasteiger partial charge on any atom is 0.213 e. The summed E-state index contributed by atoms with van der Waals surface area (Å²) in [6.07, 6.45) is 2.50. The molecule has 1 aromatic heterocycles. The highest BCUT2D eigenvalue weighted by atomic mass is 16.5. The van der Waals surface area contributed by atoms with Crippen LogP contribution in [0.15, 0.2) is 48.7 Å². The zero-order valence-electron chi connectivity index (χ0n) is 16.5. The van der Waals surface area contributed by atoms with Crippen molar-refractivity contribution in [3.63, 3.8) is 0 Å². The molecule has 0 amide bonds. The first-order valence-electron chi connectivity index (χ1n) is 10.00. The highest BCUT2D eigenvalue weighted by Crippen LogP contribution is 2.36. The van der Waals surface area contributed by atoms with Crippen molar-refractivity contribution in [3.05, 3.63) is 59.8 Å². The predicted molar refractivity (Wildman–Crippen MR) is 107 cm³/mol. The first kappa shape index (κ1) is 19.3. The van der Waals surface area contributed by atoms with Crippen LogP contribution in [0.1, 0.15) is 17.5 Å². The third-order valence-corrected chi connectivity index (χ3v) is 5.97. The molecule has 0 aliphatic carbocycles. The van der Waals surface area contributed by atoms with E-state index in [0.717, 1.165) is 51.5 Å². The number of pyridine rings is 1. The van der Waals surface area contributed by atoms with E-state index in [-0.39, 0.29) is 6.04 Å². The molecule has 2 aromatic rings. The second-order valence-corrected chi connectivity index (χ2v) is 7.65. The molecule has 0 spiro atoms. The topological polar surface area (TPSA) is 58.1 Å². The third-order valence-electron chi connectivity index (χ3n) is 5.97. The average Bonchev–Trinajstić information content (AvgIpc) is 2.76. The van der Waals surface area contributed by atoms with Crippen molar-refractivity contribution in [2.24, 2.45) is 0 Å². The van der Waals surface area contributed by atoms with Crippen molar-refractivity contribution < 1.29 is 14.6 Å². The molecule has 150 valence electrons. The molecule has 6 heteroatoms. The lowest BCUT2D eigenvalue weighted by Crippen LogP contribution is -2.62. The molecular weight excluding hydrogens is 354 g/mol. The lowest BCUT2D eigenvalue weighted by molar-refractivity contribution is -0.119. The summed E-state index contributed by atoms with van der Waals surface area (Å²) in [5, 5.41) is 11.8. The van der Waals surface area contributed by atoms with Gasteiger partial charge in [-0.3, -0.25) is 9.80 Å². The van der Waals surface area contributed by atoms with E-state index < -0.39 is 5.60 Å². The summed E-state index contributed by atoms with van der Waals surface area (Å²) in [7, 11) is 1.64. The van der Waals surface area contributed by atoms with Crippen LogP contribution in [0.3, 0.4) is 0 Å². The minimum absolute atomic E-state index is 0.0382. The number of aromatic nitrogens is 1. The Morgan fingerprint density at radius 3 is 2.71 bits per heavy atom. The number of methoxy groups -OCH3 is 1. The largest absolute Gasteiger partial charge is 0.481 e. The SMILES string of the molecule is COc1cc(CN2CC[C@](O)(c3ccccc3)[C@H](N3CCOCC3)C2)ccn1. The fraction of sp³-hybridized carbons (Fsp3) is 0.500. The van der Waals surface area contributed by atoms with Crippen molar-refractivity contribution in [2.45, 2.75) is 24.6 Å². The summed E-state index contributed by atoms with van der Waals surface area (Å²) < 4.78 is 10.8. The lowest BCUT2D eigenvalue weighted by atomic mass is 9.79. The molecule has 2 aliphatic rings. The molecule has 4 rings (SSSR count). The highest BCUT2D eigenvalue weighted by molar-refractivity contribution is 5.26. The van der Waals surface area contributed by atoms with Crippen molar-refractivity contribution in [1.82, 2.24) is 14.8 Å². The maximum absolute atomic E-state index is 11.8. The van der Waals surface area contributed by atoms with Crippen LogP contribution in [-0.4, -0.2) is 72.4 Å². The van der Waals surface area contributed by atoms with E-state index in [4.69, 9.17) is 9.47 Å². The zero-order valence-corrected chi connectivity index (χ0v) is 16.5. The smallest absolute Gasteiger partial charge is 0.213 e. The fourth-order valence-electron chi connectivity index (χ4n) is 4.41. The Morgan fingerprint density at radius 2 is 1.96 bits per heavy atom. The molecule has 28 heavy (non-hydrogen) atoms. The lowest BCUT2D eigenvalue weighted by Gasteiger charge is -2.50. The van der Waals surface area contributed by atoms with Crippen LogP contribution < -0.4 is 4.74 Å². The highest BCUT2D eigenvalue weighted by Gasteiger charge is 2.45. The first-order valence-corrected chi connectivity index (χ1v) is 10.00. The molecule has 3 heterocycles. The second kappa shape index (κ2) is 8.57. The molecule has 0 unspecified atom stereocenters. The summed E-state index contributed by atoms with van der Waals surface area (Å²) >= 11 is 0. The molecule has 2 aliphatic heterocycles. The molecule has 1 aromatic carbocycles. The van der Waals surface area contributed by atoms with Crippen LogP contribution in [0.4, 0.5) is 0 Å². The summed E-state index contributed by atoms with van der Waals surface area (Å²) in [5.41, 5.74) is 1.35. The molecule has 2 fully saturated rings. The second-order valence-electron chi connectivity index (χ2n) is 7.65. The Morgan fingerprint density at radius 1 is 1.18 bits per heavy atom. The van der Waals surface area contributed by atoms with Gasteiger partial charge in [-0.05, 0) is 23.6 Å². The van der Waals surface area contributed by atoms with Gasteiger partial charge in [0.25, 0.3) is 0 Å². The Labute approximate surface area is 166 Å². The van der Waals surface area contributed by atoms with Crippen molar-refractivity contribution in [2.75, 3.05) is 46.5 Å². The first-order chi connectivity index (χ1) is 13.7. The number of rotatable bonds is 5. The number of benzene rings is 1. The summed E-state index contributed by atoms with van der Waals surface area (Å²) in [5.74, 6) is 0.639. The van der Waals surface area contributed by atoms with E-state index in [1.807, 2.05) is 30.3 Å². The minimum atomic E-state index is -0.842. The van der Waals surface area contributed by atoms with E-state index in [2.05, 4.69) is 26.9 Å². The molecule has 0 saturated carbocycles. The van der Waals surface area contributed by atoms with Gasteiger partial charge in [-0.1, -0.05) is 30.3 Å². The van der Waals surface area contributed by atoms with Crippen LogP contribution in [0.2, 0.25) is 0 Å². The number of morpholine rings is 1. The van der Waals surface area contributed by atoms with Gasteiger partial charge in [0.15, 0.2) is 0 Å². The Bertz CT molecular complexity index is 767. The van der Waals surface area contributed by atoms with E-state index in [1.54, 1.807) is 13.3 Å². The number of nitrogens with zero attached hydrogens (tertiary/aromatic N) is 3. The number of hydrogen-bond donors (Lipinski definition) is 1.